The quantitative estimate of drug-likeness (QED) is 0.629. The number of para-hydroxylation sites is 1. The lowest BCUT2D eigenvalue weighted by molar-refractivity contribution is 0.0595. The summed E-state index contributed by atoms with van der Waals surface area (Å²) in [5, 5.41) is 13.4. The summed E-state index contributed by atoms with van der Waals surface area (Å²) in [4.78, 5) is 29.2. The number of aromatic nitrogens is 2. The van der Waals surface area contributed by atoms with Crippen molar-refractivity contribution in [1.82, 2.24) is 9.55 Å². The highest BCUT2D eigenvalue weighted by molar-refractivity contribution is 5.90. The minimum Gasteiger partial charge on any atom is -0.508 e. The van der Waals surface area contributed by atoms with E-state index in [9.17, 15) is 19.1 Å². The molecule has 2 N–H and O–H groups in total. The number of aromatic hydroxyl groups is 1. The molecule has 7 nitrogen and oxygen atoms in total. The average Bonchev–Trinajstić information content (AvgIpc) is 3.50. The Morgan fingerprint density at radius 1 is 1.30 bits per heavy atom. The highest BCUT2D eigenvalue weighted by Gasteiger charge is 2.46. The van der Waals surface area contributed by atoms with Crippen LogP contribution in [0.2, 0.25) is 0 Å². The molecule has 0 unspecified atom stereocenters. The summed E-state index contributed by atoms with van der Waals surface area (Å²) in [6, 6.07) is 9.44. The molecule has 1 heterocycles. The molecular formula is C22H20FN3O4. The fraction of sp³-hybridized carbons (Fsp3) is 0.227. The van der Waals surface area contributed by atoms with Gasteiger partial charge in [-0.3, -0.25) is 9.36 Å². The maximum atomic E-state index is 14.2. The molecule has 1 fully saturated rings. The van der Waals surface area contributed by atoms with Gasteiger partial charge in [0, 0.05) is 18.0 Å². The van der Waals surface area contributed by atoms with Crippen molar-refractivity contribution in [1.29, 1.82) is 0 Å². The second-order valence-electron chi connectivity index (χ2n) is 7.29. The Balaban J connectivity index is 1.76. The van der Waals surface area contributed by atoms with E-state index >= 15 is 0 Å². The minimum absolute atomic E-state index is 0.0987. The number of nitrogens with one attached hydrogen (secondary N) is 1. The van der Waals surface area contributed by atoms with Gasteiger partial charge < -0.3 is 15.2 Å². The summed E-state index contributed by atoms with van der Waals surface area (Å²) in [7, 11) is 1.16. The van der Waals surface area contributed by atoms with Gasteiger partial charge in [-0.25, -0.2) is 14.2 Å². The van der Waals surface area contributed by atoms with Gasteiger partial charge in [0.1, 0.15) is 11.6 Å². The summed E-state index contributed by atoms with van der Waals surface area (Å²) in [5.74, 6) is -1.30. The fourth-order valence-corrected chi connectivity index (χ4v) is 3.57. The first-order valence-corrected chi connectivity index (χ1v) is 9.39. The van der Waals surface area contributed by atoms with Crippen LogP contribution in [0.1, 0.15) is 34.3 Å². The maximum absolute atomic E-state index is 14.2. The number of phenolic OH excluding ortho intramolecular Hbond substituents is 1. The van der Waals surface area contributed by atoms with Gasteiger partial charge in [-0.1, -0.05) is 18.2 Å². The molecule has 0 aliphatic heterocycles. The van der Waals surface area contributed by atoms with Crippen molar-refractivity contribution in [2.45, 2.75) is 25.3 Å². The molecule has 0 radical (unpaired) electrons. The van der Waals surface area contributed by atoms with Crippen LogP contribution in [0.5, 0.6) is 5.75 Å². The third-order valence-electron chi connectivity index (χ3n) is 5.32. The lowest BCUT2D eigenvalue weighted by atomic mass is 10.0. The lowest BCUT2D eigenvalue weighted by Crippen LogP contribution is -2.29. The van der Waals surface area contributed by atoms with Crippen LogP contribution in [-0.2, 0) is 10.3 Å². The van der Waals surface area contributed by atoms with Gasteiger partial charge in [0.15, 0.2) is 5.82 Å². The van der Waals surface area contributed by atoms with Gasteiger partial charge in [0.25, 0.3) is 5.56 Å². The minimum atomic E-state index is -0.828. The van der Waals surface area contributed by atoms with Crippen LogP contribution in [0, 0.1) is 12.7 Å². The zero-order valence-electron chi connectivity index (χ0n) is 16.5. The number of halogens is 1. The highest BCUT2D eigenvalue weighted by atomic mass is 19.1. The Morgan fingerprint density at radius 2 is 2.03 bits per heavy atom. The molecule has 0 atom stereocenters. The molecule has 0 bridgehead atoms. The molecule has 1 saturated carbocycles. The molecule has 0 saturated heterocycles. The molecule has 1 aliphatic rings. The van der Waals surface area contributed by atoms with E-state index in [1.807, 2.05) is 12.1 Å². The Labute approximate surface area is 171 Å². The number of benzene rings is 2. The predicted octanol–water partition coefficient (Wildman–Crippen LogP) is 3.27. The van der Waals surface area contributed by atoms with E-state index in [1.165, 1.54) is 29.1 Å². The number of rotatable bonds is 5. The van der Waals surface area contributed by atoms with Gasteiger partial charge in [-0.05, 0) is 43.5 Å². The Kier molecular flexibility index (Phi) is 4.77. The van der Waals surface area contributed by atoms with Gasteiger partial charge >= 0.3 is 5.97 Å². The van der Waals surface area contributed by atoms with Crippen LogP contribution < -0.4 is 10.9 Å². The Hall–Kier alpha value is -3.68. The number of methoxy groups -OCH3 is 1. The van der Waals surface area contributed by atoms with Crippen LogP contribution in [0.4, 0.5) is 10.2 Å². The van der Waals surface area contributed by atoms with E-state index in [1.54, 1.807) is 19.1 Å². The fourth-order valence-electron chi connectivity index (χ4n) is 3.57. The summed E-state index contributed by atoms with van der Waals surface area (Å²) in [5.41, 5.74) is 0.244. The molecule has 154 valence electrons. The van der Waals surface area contributed by atoms with Crippen molar-refractivity contribution in [2.75, 3.05) is 12.4 Å². The smallest absolute Gasteiger partial charge is 0.340 e. The summed E-state index contributed by atoms with van der Waals surface area (Å²) >= 11 is 0. The van der Waals surface area contributed by atoms with Crippen LogP contribution >= 0.6 is 0 Å². The number of nitrogens with zero attached hydrogens (tertiary/aromatic N) is 2. The Bertz CT molecular complexity index is 1200. The van der Waals surface area contributed by atoms with Crippen molar-refractivity contribution in [3.8, 4) is 11.4 Å². The molecule has 30 heavy (non-hydrogen) atoms. The van der Waals surface area contributed by atoms with Crippen LogP contribution in [0.25, 0.3) is 5.69 Å². The van der Waals surface area contributed by atoms with Gasteiger partial charge in [-0.15, -0.1) is 0 Å². The van der Waals surface area contributed by atoms with E-state index in [4.69, 9.17) is 0 Å². The first-order valence-electron chi connectivity index (χ1n) is 9.39. The molecule has 0 spiro atoms. The van der Waals surface area contributed by atoms with Crippen LogP contribution in [0.3, 0.4) is 0 Å². The van der Waals surface area contributed by atoms with E-state index in [0.29, 0.717) is 16.8 Å². The van der Waals surface area contributed by atoms with Crippen molar-refractivity contribution in [2.24, 2.45) is 0 Å². The zero-order chi connectivity index (χ0) is 21.5. The van der Waals surface area contributed by atoms with E-state index < -0.39 is 22.9 Å². The SMILES string of the molecule is COC(=O)c1cc(-n2ccnc(NC3(c4ccccc4O)CC3)c2=O)c(C)cc1F. The number of hydrogen-bond donors (Lipinski definition) is 2. The van der Waals surface area contributed by atoms with E-state index in [2.05, 4.69) is 15.0 Å². The number of hydrogen-bond acceptors (Lipinski definition) is 6. The predicted molar refractivity (Wildman–Crippen MR) is 109 cm³/mol. The first kappa shape index (κ1) is 19.6. The van der Waals surface area contributed by atoms with Crippen LogP contribution in [0.15, 0.2) is 53.6 Å². The molecule has 3 aromatic rings. The highest BCUT2D eigenvalue weighted by Crippen LogP contribution is 2.50. The number of anilines is 1. The standard InChI is InChI=1S/C22H20FN3O4/c1-13-11-16(23)14(21(29)30-2)12-17(13)26-10-9-24-19(20(26)28)25-22(7-8-22)15-5-3-4-6-18(15)27/h3-6,9-12,27H,7-8H2,1-2H3,(H,24,25). The molecule has 8 heteroatoms. The summed E-state index contributed by atoms with van der Waals surface area (Å²) in [6.45, 7) is 1.64. The second kappa shape index (κ2) is 7.29. The topological polar surface area (TPSA) is 93.5 Å². The number of esters is 1. The third-order valence-corrected chi connectivity index (χ3v) is 5.32. The maximum Gasteiger partial charge on any atom is 0.340 e. The Morgan fingerprint density at radius 3 is 2.70 bits per heavy atom. The van der Waals surface area contributed by atoms with Gasteiger partial charge in [0.2, 0.25) is 0 Å². The summed E-state index contributed by atoms with van der Waals surface area (Å²) in [6.07, 6.45) is 4.38. The lowest BCUT2D eigenvalue weighted by Gasteiger charge is -2.20. The average molecular weight is 409 g/mol. The van der Waals surface area contributed by atoms with Crippen molar-refractivity contribution in [3.63, 3.8) is 0 Å². The molecule has 4 rings (SSSR count). The molecule has 1 aromatic heterocycles. The molecular weight excluding hydrogens is 389 g/mol. The van der Waals surface area contributed by atoms with Crippen LogP contribution in [-0.4, -0.2) is 27.7 Å². The molecule has 1 aliphatic carbocycles. The number of phenols is 1. The van der Waals surface area contributed by atoms with Gasteiger partial charge in [-0.2, -0.15) is 0 Å². The number of carbonyl (C=O) groups excluding carboxylic acids is 1. The molecule has 2 aromatic carbocycles. The normalized spacial score (nSPS) is 14.2. The first-order chi connectivity index (χ1) is 14.4. The van der Waals surface area contributed by atoms with E-state index in [-0.39, 0.29) is 17.1 Å². The largest absolute Gasteiger partial charge is 0.508 e. The van der Waals surface area contributed by atoms with E-state index in [0.717, 1.165) is 20.0 Å². The third kappa shape index (κ3) is 3.30. The second-order valence-corrected chi connectivity index (χ2v) is 7.29. The number of ether oxygens (including phenoxy) is 1. The van der Waals surface area contributed by atoms with Crippen molar-refractivity contribution >= 4 is 11.8 Å². The monoisotopic (exact) mass is 409 g/mol. The number of aryl methyl sites for hydroxylation is 1. The molecule has 0 amide bonds. The summed E-state index contributed by atoms with van der Waals surface area (Å²) < 4.78 is 20.1. The van der Waals surface area contributed by atoms with Gasteiger partial charge in [0.05, 0.1) is 23.9 Å². The number of carbonyl (C=O) groups is 1. The van der Waals surface area contributed by atoms with Crippen molar-refractivity contribution < 1.29 is 19.0 Å². The van der Waals surface area contributed by atoms with Crippen molar-refractivity contribution in [3.05, 3.63) is 81.7 Å². The zero-order valence-corrected chi connectivity index (χ0v) is 16.5.